The molecule has 122 valence electrons. The molecule has 5 nitrogen and oxygen atoms in total. The van der Waals surface area contributed by atoms with Gasteiger partial charge in [0.05, 0.1) is 17.3 Å². The predicted octanol–water partition coefficient (Wildman–Crippen LogP) is 3.24. The fourth-order valence-electron chi connectivity index (χ4n) is 2.47. The Morgan fingerprint density at radius 2 is 1.88 bits per heavy atom. The van der Waals surface area contributed by atoms with Crippen molar-refractivity contribution >= 4 is 5.91 Å². The van der Waals surface area contributed by atoms with Gasteiger partial charge in [-0.05, 0) is 36.8 Å². The number of aromatic nitrogens is 3. The van der Waals surface area contributed by atoms with Crippen molar-refractivity contribution in [2.24, 2.45) is 0 Å². The van der Waals surface area contributed by atoms with E-state index in [2.05, 4.69) is 10.1 Å². The summed E-state index contributed by atoms with van der Waals surface area (Å²) in [5.41, 5.74) is 1.91. The summed E-state index contributed by atoms with van der Waals surface area (Å²) in [5.74, 6) is -0.857. The molecule has 3 aromatic rings. The van der Waals surface area contributed by atoms with Crippen LogP contribution in [0.15, 0.2) is 61.2 Å². The minimum absolute atomic E-state index is 0.0751. The number of rotatable bonds is 4. The minimum Gasteiger partial charge on any atom is -0.335 e. The topological polar surface area (TPSA) is 51.0 Å². The molecular formula is C18H17FN4O. The number of carbonyl (C=O) groups is 1. The second-order valence-electron chi connectivity index (χ2n) is 5.50. The van der Waals surface area contributed by atoms with Gasteiger partial charge in [0.15, 0.2) is 0 Å². The van der Waals surface area contributed by atoms with Gasteiger partial charge in [0.1, 0.15) is 18.5 Å². The maximum Gasteiger partial charge on any atom is 0.257 e. The monoisotopic (exact) mass is 324 g/mol. The molecule has 0 radical (unpaired) electrons. The summed E-state index contributed by atoms with van der Waals surface area (Å²) in [5, 5.41) is 4.07. The van der Waals surface area contributed by atoms with E-state index in [4.69, 9.17) is 0 Å². The van der Waals surface area contributed by atoms with Crippen LogP contribution >= 0.6 is 0 Å². The van der Waals surface area contributed by atoms with Crippen LogP contribution in [0, 0.1) is 5.82 Å². The number of halogens is 1. The van der Waals surface area contributed by atoms with Gasteiger partial charge in [-0.15, -0.1) is 0 Å². The normalized spacial score (nSPS) is 12.0. The van der Waals surface area contributed by atoms with Crippen molar-refractivity contribution in [1.82, 2.24) is 19.7 Å². The molecule has 1 heterocycles. The van der Waals surface area contributed by atoms with Gasteiger partial charge in [-0.25, -0.2) is 14.1 Å². The van der Waals surface area contributed by atoms with Gasteiger partial charge < -0.3 is 4.90 Å². The molecule has 24 heavy (non-hydrogen) atoms. The smallest absolute Gasteiger partial charge is 0.257 e. The molecule has 1 amide bonds. The summed E-state index contributed by atoms with van der Waals surface area (Å²) in [6.07, 6.45) is 3.09. The summed E-state index contributed by atoms with van der Waals surface area (Å²) in [6.45, 7) is 1.91. The molecule has 6 heteroatoms. The molecule has 0 aliphatic rings. The number of hydrogen-bond donors (Lipinski definition) is 0. The number of carbonyl (C=O) groups excluding carboxylic acids is 1. The highest BCUT2D eigenvalue weighted by Crippen LogP contribution is 2.22. The van der Waals surface area contributed by atoms with Crippen molar-refractivity contribution in [3.63, 3.8) is 0 Å². The highest BCUT2D eigenvalue weighted by Gasteiger charge is 2.21. The van der Waals surface area contributed by atoms with Crippen molar-refractivity contribution in [3.05, 3.63) is 78.1 Å². The third-order valence-electron chi connectivity index (χ3n) is 4.06. The Balaban J connectivity index is 1.79. The highest BCUT2D eigenvalue weighted by atomic mass is 19.1. The van der Waals surface area contributed by atoms with Gasteiger partial charge in [-0.2, -0.15) is 5.10 Å². The molecule has 0 unspecified atom stereocenters. The molecule has 1 atom stereocenters. The first kappa shape index (κ1) is 15.9. The first-order chi connectivity index (χ1) is 11.6. The summed E-state index contributed by atoms with van der Waals surface area (Å²) in [6, 6.07) is 13.5. The van der Waals surface area contributed by atoms with Crippen LogP contribution in [0.2, 0.25) is 0 Å². The van der Waals surface area contributed by atoms with E-state index in [1.165, 1.54) is 23.4 Å². The van der Waals surface area contributed by atoms with Crippen LogP contribution < -0.4 is 0 Å². The Kier molecular flexibility index (Phi) is 4.37. The maximum absolute atomic E-state index is 13.8. The molecular weight excluding hydrogens is 307 g/mol. The van der Waals surface area contributed by atoms with E-state index in [-0.39, 0.29) is 17.5 Å². The summed E-state index contributed by atoms with van der Waals surface area (Å²) in [4.78, 5) is 17.9. The quantitative estimate of drug-likeness (QED) is 0.740. The molecule has 0 saturated carbocycles. The van der Waals surface area contributed by atoms with E-state index in [9.17, 15) is 9.18 Å². The van der Waals surface area contributed by atoms with Gasteiger partial charge >= 0.3 is 0 Å². The van der Waals surface area contributed by atoms with Crippen LogP contribution in [0.3, 0.4) is 0 Å². The lowest BCUT2D eigenvalue weighted by molar-refractivity contribution is 0.0738. The lowest BCUT2D eigenvalue weighted by Gasteiger charge is -2.25. The summed E-state index contributed by atoms with van der Waals surface area (Å²) in [7, 11) is 1.67. The van der Waals surface area contributed by atoms with Gasteiger partial charge in [-0.1, -0.05) is 24.3 Å². The van der Waals surface area contributed by atoms with E-state index >= 15 is 0 Å². The zero-order valence-corrected chi connectivity index (χ0v) is 13.4. The predicted molar refractivity (Wildman–Crippen MR) is 88.3 cm³/mol. The summed E-state index contributed by atoms with van der Waals surface area (Å²) >= 11 is 0. The van der Waals surface area contributed by atoms with E-state index in [0.29, 0.717) is 0 Å². The van der Waals surface area contributed by atoms with Crippen molar-refractivity contribution < 1.29 is 9.18 Å². The molecule has 0 fully saturated rings. The average molecular weight is 324 g/mol. The second kappa shape index (κ2) is 6.62. The van der Waals surface area contributed by atoms with Gasteiger partial charge in [0, 0.05) is 7.05 Å². The van der Waals surface area contributed by atoms with Crippen molar-refractivity contribution in [2.75, 3.05) is 7.05 Å². The van der Waals surface area contributed by atoms with E-state index in [1.54, 1.807) is 30.2 Å². The summed E-state index contributed by atoms with van der Waals surface area (Å²) < 4.78 is 15.5. The van der Waals surface area contributed by atoms with Crippen LogP contribution in [0.1, 0.15) is 28.9 Å². The Morgan fingerprint density at radius 3 is 2.50 bits per heavy atom. The molecule has 3 rings (SSSR count). The van der Waals surface area contributed by atoms with E-state index < -0.39 is 5.82 Å². The zero-order valence-electron chi connectivity index (χ0n) is 13.4. The Labute approximate surface area is 139 Å². The third-order valence-corrected chi connectivity index (χ3v) is 4.06. The molecule has 0 aliphatic heterocycles. The zero-order chi connectivity index (χ0) is 17.1. The molecule has 0 saturated heterocycles. The van der Waals surface area contributed by atoms with E-state index in [1.807, 2.05) is 31.2 Å². The molecule has 0 aliphatic carbocycles. The number of nitrogens with zero attached hydrogens (tertiary/aromatic N) is 4. The van der Waals surface area contributed by atoms with Crippen LogP contribution in [0.5, 0.6) is 0 Å². The third kappa shape index (κ3) is 3.03. The fourth-order valence-corrected chi connectivity index (χ4v) is 2.47. The van der Waals surface area contributed by atoms with Crippen molar-refractivity contribution in [1.29, 1.82) is 0 Å². The first-order valence-corrected chi connectivity index (χ1v) is 7.54. The van der Waals surface area contributed by atoms with Crippen molar-refractivity contribution in [2.45, 2.75) is 13.0 Å². The largest absolute Gasteiger partial charge is 0.335 e. The number of hydrogen-bond acceptors (Lipinski definition) is 3. The number of benzene rings is 2. The fraction of sp³-hybridized carbons (Fsp3) is 0.167. The van der Waals surface area contributed by atoms with Crippen LogP contribution in [0.25, 0.3) is 5.69 Å². The Bertz CT molecular complexity index is 830. The lowest BCUT2D eigenvalue weighted by Crippen LogP contribution is -2.30. The lowest BCUT2D eigenvalue weighted by atomic mass is 10.1. The maximum atomic E-state index is 13.8. The first-order valence-electron chi connectivity index (χ1n) is 7.54. The second-order valence-corrected chi connectivity index (χ2v) is 5.50. The van der Waals surface area contributed by atoms with Gasteiger partial charge in [0.2, 0.25) is 0 Å². The van der Waals surface area contributed by atoms with Crippen LogP contribution in [-0.2, 0) is 0 Å². The van der Waals surface area contributed by atoms with Crippen LogP contribution in [0.4, 0.5) is 4.39 Å². The molecule has 0 N–H and O–H groups in total. The van der Waals surface area contributed by atoms with Crippen molar-refractivity contribution in [3.8, 4) is 5.69 Å². The van der Waals surface area contributed by atoms with Crippen LogP contribution in [-0.4, -0.2) is 32.6 Å². The average Bonchev–Trinajstić information content (AvgIpc) is 3.15. The Hall–Kier alpha value is -3.02. The van der Waals surface area contributed by atoms with Gasteiger partial charge in [-0.3, -0.25) is 4.79 Å². The molecule has 0 spiro atoms. The Morgan fingerprint density at radius 1 is 1.17 bits per heavy atom. The minimum atomic E-state index is -0.511. The van der Waals surface area contributed by atoms with Gasteiger partial charge in [0.25, 0.3) is 5.91 Å². The molecule has 0 bridgehead atoms. The number of amides is 1. The standard InChI is InChI=1S/C18H17FN4O/c1-13(22(2)18(24)16-5-3-4-6-17(16)19)14-7-9-15(10-8-14)23-12-20-11-21-23/h3-13H,1-2H3/t13-/m0/s1. The highest BCUT2D eigenvalue weighted by molar-refractivity contribution is 5.94. The van der Waals surface area contributed by atoms with E-state index in [0.717, 1.165) is 11.3 Å². The SMILES string of the molecule is C[C@@H](c1ccc(-n2cncn2)cc1)N(C)C(=O)c1ccccc1F. The molecule has 1 aromatic heterocycles. The molecule has 2 aromatic carbocycles.